The molecule has 20 heavy (non-hydrogen) atoms. The van der Waals surface area contributed by atoms with Crippen molar-refractivity contribution < 1.29 is 4.79 Å². The van der Waals surface area contributed by atoms with Gasteiger partial charge in [0, 0.05) is 24.9 Å². The van der Waals surface area contributed by atoms with Crippen LogP contribution in [0.1, 0.15) is 29.7 Å². The van der Waals surface area contributed by atoms with Gasteiger partial charge in [-0.05, 0) is 31.1 Å². The van der Waals surface area contributed by atoms with Crippen LogP contribution in [0.3, 0.4) is 0 Å². The molecule has 0 saturated heterocycles. The van der Waals surface area contributed by atoms with Gasteiger partial charge in [-0.1, -0.05) is 24.3 Å². The summed E-state index contributed by atoms with van der Waals surface area (Å²) in [4.78, 5) is 11.9. The SMILES string of the molecule is Cc1ccccc1C(C)NC(=O)/C=C/c1cnn(C)c1. The average Bonchev–Trinajstić information content (AvgIpc) is 2.82. The highest BCUT2D eigenvalue weighted by Gasteiger charge is 2.09. The smallest absolute Gasteiger partial charge is 0.244 e. The molecule has 0 fully saturated rings. The van der Waals surface area contributed by atoms with Gasteiger partial charge in [0.15, 0.2) is 0 Å². The number of hydrogen-bond donors (Lipinski definition) is 1. The van der Waals surface area contributed by atoms with Gasteiger partial charge < -0.3 is 5.32 Å². The number of hydrogen-bond acceptors (Lipinski definition) is 2. The third kappa shape index (κ3) is 3.57. The number of aromatic nitrogens is 2. The molecule has 0 spiro atoms. The highest BCUT2D eigenvalue weighted by Crippen LogP contribution is 2.16. The molecule has 2 rings (SSSR count). The first kappa shape index (κ1) is 14.1. The molecule has 0 aliphatic rings. The number of carbonyl (C=O) groups is 1. The van der Waals surface area contributed by atoms with Crippen LogP contribution in [-0.4, -0.2) is 15.7 Å². The Morgan fingerprint density at radius 3 is 2.80 bits per heavy atom. The standard InChI is InChI=1S/C16H19N3O/c1-12-6-4-5-7-15(12)13(2)18-16(20)9-8-14-10-17-19(3)11-14/h4-11,13H,1-3H3,(H,18,20)/b9-8+. The number of aryl methyl sites for hydroxylation is 2. The molecule has 4 heteroatoms. The van der Waals surface area contributed by atoms with Crippen LogP contribution in [0.2, 0.25) is 0 Å². The summed E-state index contributed by atoms with van der Waals surface area (Å²) in [6.45, 7) is 4.03. The highest BCUT2D eigenvalue weighted by molar-refractivity contribution is 5.91. The summed E-state index contributed by atoms with van der Waals surface area (Å²) in [5.41, 5.74) is 3.22. The van der Waals surface area contributed by atoms with E-state index < -0.39 is 0 Å². The average molecular weight is 269 g/mol. The number of amides is 1. The zero-order chi connectivity index (χ0) is 14.5. The van der Waals surface area contributed by atoms with Gasteiger partial charge >= 0.3 is 0 Å². The van der Waals surface area contributed by atoms with Gasteiger partial charge in [0.2, 0.25) is 5.91 Å². The fourth-order valence-electron chi connectivity index (χ4n) is 2.11. The van der Waals surface area contributed by atoms with Crippen LogP contribution in [0.25, 0.3) is 6.08 Å². The van der Waals surface area contributed by atoms with Gasteiger partial charge in [0.25, 0.3) is 0 Å². The molecule has 0 radical (unpaired) electrons. The van der Waals surface area contributed by atoms with Gasteiger partial charge in [0.1, 0.15) is 0 Å². The summed E-state index contributed by atoms with van der Waals surface area (Å²) in [5, 5.41) is 7.01. The minimum Gasteiger partial charge on any atom is -0.346 e. The third-order valence-electron chi connectivity index (χ3n) is 3.17. The summed E-state index contributed by atoms with van der Waals surface area (Å²) in [6.07, 6.45) is 6.86. The molecule has 1 amide bonds. The monoisotopic (exact) mass is 269 g/mol. The number of carbonyl (C=O) groups excluding carboxylic acids is 1. The van der Waals surface area contributed by atoms with Crippen LogP contribution >= 0.6 is 0 Å². The largest absolute Gasteiger partial charge is 0.346 e. The van der Waals surface area contributed by atoms with Crippen LogP contribution in [0, 0.1) is 6.92 Å². The van der Waals surface area contributed by atoms with E-state index in [1.54, 1.807) is 17.0 Å². The summed E-state index contributed by atoms with van der Waals surface area (Å²) in [6, 6.07) is 8.04. The normalized spacial score (nSPS) is 12.6. The predicted octanol–water partition coefficient (Wildman–Crippen LogP) is 2.62. The summed E-state index contributed by atoms with van der Waals surface area (Å²) < 4.78 is 1.70. The Hall–Kier alpha value is -2.36. The van der Waals surface area contributed by atoms with Crippen molar-refractivity contribution in [2.45, 2.75) is 19.9 Å². The van der Waals surface area contributed by atoms with E-state index in [2.05, 4.69) is 10.4 Å². The lowest BCUT2D eigenvalue weighted by Gasteiger charge is -2.15. The van der Waals surface area contributed by atoms with Crippen LogP contribution in [0.4, 0.5) is 0 Å². The summed E-state index contributed by atoms with van der Waals surface area (Å²) in [7, 11) is 1.84. The molecule has 0 aliphatic carbocycles. The fourth-order valence-corrected chi connectivity index (χ4v) is 2.11. The lowest BCUT2D eigenvalue weighted by Crippen LogP contribution is -2.25. The quantitative estimate of drug-likeness (QED) is 0.867. The summed E-state index contributed by atoms with van der Waals surface area (Å²) in [5.74, 6) is -0.107. The molecular formula is C16H19N3O. The molecule has 0 bridgehead atoms. The van der Waals surface area contributed by atoms with E-state index >= 15 is 0 Å². The van der Waals surface area contributed by atoms with Crippen molar-refractivity contribution in [1.82, 2.24) is 15.1 Å². The zero-order valence-electron chi connectivity index (χ0n) is 12.0. The Balaban J connectivity index is 1.98. The van der Waals surface area contributed by atoms with Gasteiger partial charge in [-0.15, -0.1) is 0 Å². The molecule has 1 N–H and O–H groups in total. The van der Waals surface area contributed by atoms with E-state index in [0.29, 0.717) is 0 Å². The Morgan fingerprint density at radius 1 is 1.40 bits per heavy atom. The van der Waals surface area contributed by atoms with Crippen molar-refractivity contribution in [3.8, 4) is 0 Å². The Labute approximate surface area is 119 Å². The Morgan fingerprint density at radius 2 is 2.15 bits per heavy atom. The lowest BCUT2D eigenvalue weighted by molar-refractivity contribution is -0.117. The van der Waals surface area contributed by atoms with Crippen LogP contribution in [-0.2, 0) is 11.8 Å². The molecule has 1 atom stereocenters. The van der Waals surface area contributed by atoms with E-state index in [4.69, 9.17) is 0 Å². The van der Waals surface area contributed by atoms with E-state index in [0.717, 1.165) is 11.1 Å². The second-order valence-electron chi connectivity index (χ2n) is 4.87. The molecule has 0 saturated carbocycles. The number of nitrogens with one attached hydrogen (secondary N) is 1. The molecule has 4 nitrogen and oxygen atoms in total. The zero-order valence-corrected chi connectivity index (χ0v) is 12.0. The van der Waals surface area contributed by atoms with Crippen molar-refractivity contribution in [3.05, 3.63) is 59.4 Å². The number of rotatable bonds is 4. The maximum Gasteiger partial charge on any atom is 0.244 e. The predicted molar refractivity (Wildman–Crippen MR) is 80.0 cm³/mol. The molecule has 2 aromatic rings. The van der Waals surface area contributed by atoms with Crippen LogP contribution < -0.4 is 5.32 Å². The van der Waals surface area contributed by atoms with Crippen LogP contribution in [0.15, 0.2) is 42.7 Å². The molecule has 104 valence electrons. The summed E-state index contributed by atoms with van der Waals surface area (Å²) >= 11 is 0. The second-order valence-corrected chi connectivity index (χ2v) is 4.87. The van der Waals surface area contributed by atoms with E-state index in [9.17, 15) is 4.79 Å². The van der Waals surface area contributed by atoms with Crippen molar-refractivity contribution in [2.24, 2.45) is 7.05 Å². The molecular weight excluding hydrogens is 250 g/mol. The van der Waals surface area contributed by atoms with Gasteiger partial charge in [0.05, 0.1) is 12.2 Å². The number of benzene rings is 1. The van der Waals surface area contributed by atoms with Gasteiger partial charge in [-0.2, -0.15) is 5.10 Å². The van der Waals surface area contributed by atoms with Crippen molar-refractivity contribution in [3.63, 3.8) is 0 Å². The van der Waals surface area contributed by atoms with E-state index in [1.165, 1.54) is 11.6 Å². The lowest BCUT2D eigenvalue weighted by atomic mass is 10.0. The molecule has 0 aliphatic heterocycles. The molecule has 1 heterocycles. The molecule has 1 unspecified atom stereocenters. The van der Waals surface area contributed by atoms with Gasteiger partial charge in [-0.25, -0.2) is 0 Å². The Bertz CT molecular complexity index is 628. The first-order chi connectivity index (χ1) is 9.56. The first-order valence-electron chi connectivity index (χ1n) is 6.59. The van der Waals surface area contributed by atoms with Gasteiger partial charge in [-0.3, -0.25) is 9.48 Å². The van der Waals surface area contributed by atoms with Crippen molar-refractivity contribution in [1.29, 1.82) is 0 Å². The van der Waals surface area contributed by atoms with E-state index in [1.807, 2.05) is 51.4 Å². The first-order valence-corrected chi connectivity index (χ1v) is 6.59. The highest BCUT2D eigenvalue weighted by atomic mass is 16.1. The second kappa shape index (κ2) is 6.19. The number of nitrogens with zero attached hydrogens (tertiary/aromatic N) is 2. The minimum absolute atomic E-state index is 0.0118. The maximum atomic E-state index is 11.9. The van der Waals surface area contributed by atoms with Crippen molar-refractivity contribution in [2.75, 3.05) is 0 Å². The van der Waals surface area contributed by atoms with Crippen LogP contribution in [0.5, 0.6) is 0 Å². The maximum absolute atomic E-state index is 11.9. The minimum atomic E-state index is -0.107. The topological polar surface area (TPSA) is 46.9 Å². The van der Waals surface area contributed by atoms with E-state index in [-0.39, 0.29) is 11.9 Å². The molecule has 1 aromatic heterocycles. The molecule has 1 aromatic carbocycles. The third-order valence-corrected chi connectivity index (χ3v) is 3.17. The van der Waals surface area contributed by atoms with Crippen molar-refractivity contribution >= 4 is 12.0 Å². The Kier molecular flexibility index (Phi) is 4.35. The fraction of sp³-hybridized carbons (Fsp3) is 0.250.